The first-order chi connectivity index (χ1) is 16.9. The van der Waals surface area contributed by atoms with Crippen molar-refractivity contribution < 1.29 is 27.9 Å². The molecule has 36 heavy (non-hydrogen) atoms. The molecule has 1 amide bonds. The van der Waals surface area contributed by atoms with Crippen LogP contribution in [0, 0.1) is 5.92 Å². The molecule has 3 rings (SSSR count). The summed E-state index contributed by atoms with van der Waals surface area (Å²) in [7, 11) is 3.35. The SMILES string of the molecule is CN(C)C(=O)c1ccc(N2CCC(CCCCC(=O)C(O)(c3ccccc3)C(F)(F)F)CC2)cc1Cl. The lowest BCUT2D eigenvalue weighted by molar-refractivity contribution is -0.256. The molecule has 2 aromatic carbocycles. The number of rotatable bonds is 9. The van der Waals surface area contributed by atoms with Gasteiger partial charge in [0.25, 0.3) is 5.91 Å². The molecule has 0 radical (unpaired) electrons. The molecule has 0 bridgehead atoms. The highest BCUT2D eigenvalue weighted by molar-refractivity contribution is 6.34. The minimum atomic E-state index is -5.08. The van der Waals surface area contributed by atoms with Gasteiger partial charge in [-0.05, 0) is 43.4 Å². The van der Waals surface area contributed by atoms with E-state index in [1.807, 2.05) is 6.07 Å². The monoisotopic (exact) mass is 524 g/mol. The fourth-order valence-electron chi connectivity index (χ4n) is 4.66. The van der Waals surface area contributed by atoms with E-state index in [0.29, 0.717) is 29.3 Å². The molecule has 1 fully saturated rings. The molecule has 1 aliphatic rings. The predicted molar refractivity (Wildman–Crippen MR) is 134 cm³/mol. The second-order valence-corrected chi connectivity index (χ2v) is 9.94. The molecule has 0 aliphatic carbocycles. The van der Waals surface area contributed by atoms with Gasteiger partial charge in [0, 0.05) is 44.9 Å². The molecule has 1 saturated heterocycles. The van der Waals surface area contributed by atoms with Gasteiger partial charge in [0.15, 0.2) is 5.78 Å². The molecule has 9 heteroatoms. The van der Waals surface area contributed by atoms with Gasteiger partial charge in [-0.2, -0.15) is 13.2 Å². The number of ketones is 1. The van der Waals surface area contributed by atoms with Gasteiger partial charge in [-0.15, -0.1) is 0 Å². The van der Waals surface area contributed by atoms with Gasteiger partial charge >= 0.3 is 6.18 Å². The number of unbranched alkanes of at least 4 members (excludes halogenated alkanes) is 1. The van der Waals surface area contributed by atoms with Crippen molar-refractivity contribution >= 4 is 29.0 Å². The number of hydrogen-bond acceptors (Lipinski definition) is 4. The van der Waals surface area contributed by atoms with Crippen molar-refractivity contribution in [1.82, 2.24) is 4.90 Å². The molecule has 0 spiro atoms. The van der Waals surface area contributed by atoms with Crippen LogP contribution in [0.1, 0.15) is 54.4 Å². The van der Waals surface area contributed by atoms with Crippen LogP contribution in [0.3, 0.4) is 0 Å². The van der Waals surface area contributed by atoms with Crippen LogP contribution in [0.5, 0.6) is 0 Å². The zero-order chi connectivity index (χ0) is 26.5. The molecular weight excluding hydrogens is 493 g/mol. The minimum Gasteiger partial charge on any atom is -0.371 e. The van der Waals surface area contributed by atoms with E-state index in [9.17, 15) is 27.9 Å². The molecule has 1 heterocycles. The van der Waals surface area contributed by atoms with Gasteiger partial charge in [0.1, 0.15) is 0 Å². The smallest absolute Gasteiger partial charge is 0.371 e. The quantitative estimate of drug-likeness (QED) is 0.419. The molecular formula is C27H32ClF3N2O3. The van der Waals surface area contributed by atoms with Crippen LogP contribution in [0.15, 0.2) is 48.5 Å². The van der Waals surface area contributed by atoms with E-state index in [0.717, 1.165) is 50.2 Å². The summed E-state index contributed by atoms with van der Waals surface area (Å²) in [6.45, 7) is 1.62. The van der Waals surface area contributed by atoms with Crippen molar-refractivity contribution in [3.05, 3.63) is 64.7 Å². The van der Waals surface area contributed by atoms with Gasteiger partial charge in [-0.3, -0.25) is 9.59 Å². The van der Waals surface area contributed by atoms with Crippen molar-refractivity contribution in [2.45, 2.75) is 50.3 Å². The Kier molecular flexibility index (Phi) is 9.06. The van der Waals surface area contributed by atoms with Crippen molar-refractivity contribution in [1.29, 1.82) is 0 Å². The number of alkyl halides is 3. The Bertz CT molecular complexity index is 1050. The van der Waals surface area contributed by atoms with Crippen LogP contribution >= 0.6 is 11.6 Å². The Hall–Kier alpha value is -2.58. The number of piperidine rings is 1. The molecule has 1 atom stereocenters. The zero-order valence-corrected chi connectivity index (χ0v) is 21.3. The van der Waals surface area contributed by atoms with Gasteiger partial charge < -0.3 is 14.9 Å². The van der Waals surface area contributed by atoms with E-state index in [1.54, 1.807) is 26.2 Å². The van der Waals surface area contributed by atoms with Gasteiger partial charge in [0.05, 0.1) is 10.6 Å². The maximum atomic E-state index is 13.6. The van der Waals surface area contributed by atoms with E-state index in [-0.39, 0.29) is 12.3 Å². The fraction of sp³-hybridized carbons (Fsp3) is 0.481. The standard InChI is InChI=1S/C27H32ClF3N2O3/c1-32(2)25(35)22-13-12-21(18-23(22)28)33-16-14-19(15-17-33)8-6-7-11-24(34)26(36,27(29,30)31)20-9-4-3-5-10-20/h3-5,9-10,12-13,18-19,36H,6-8,11,14-17H2,1-2H3. The van der Waals surface area contributed by atoms with Crippen LogP contribution in [-0.4, -0.2) is 55.1 Å². The lowest BCUT2D eigenvalue weighted by Gasteiger charge is -2.34. The van der Waals surface area contributed by atoms with Gasteiger partial charge in [0.2, 0.25) is 5.60 Å². The molecule has 0 saturated carbocycles. The summed E-state index contributed by atoms with van der Waals surface area (Å²) in [6, 6.07) is 12.0. The Balaban J connectivity index is 1.48. The highest BCUT2D eigenvalue weighted by Gasteiger charge is 2.59. The van der Waals surface area contributed by atoms with E-state index >= 15 is 0 Å². The van der Waals surface area contributed by atoms with Gasteiger partial charge in [-0.25, -0.2) is 0 Å². The fourth-order valence-corrected chi connectivity index (χ4v) is 4.91. The lowest BCUT2D eigenvalue weighted by atomic mass is 9.85. The number of hydrogen-bond donors (Lipinski definition) is 1. The maximum Gasteiger partial charge on any atom is 0.428 e. The highest BCUT2D eigenvalue weighted by atomic mass is 35.5. The van der Waals surface area contributed by atoms with Crippen molar-refractivity contribution in [3.63, 3.8) is 0 Å². The first-order valence-electron chi connectivity index (χ1n) is 12.1. The molecule has 196 valence electrons. The van der Waals surface area contributed by atoms with E-state index in [1.165, 1.54) is 23.1 Å². The summed E-state index contributed by atoms with van der Waals surface area (Å²) < 4.78 is 40.9. The molecule has 1 unspecified atom stereocenters. The van der Waals surface area contributed by atoms with Crippen LogP contribution in [-0.2, 0) is 10.4 Å². The van der Waals surface area contributed by atoms with Crippen molar-refractivity contribution in [3.8, 4) is 0 Å². The number of Topliss-reactive ketones (excluding diaryl/α,β-unsaturated/α-hetero) is 1. The average Bonchev–Trinajstić information content (AvgIpc) is 2.85. The average molecular weight is 525 g/mol. The summed E-state index contributed by atoms with van der Waals surface area (Å²) in [5.41, 5.74) is -2.52. The Morgan fingerprint density at radius 3 is 2.25 bits per heavy atom. The Labute approximate surface area is 214 Å². The first-order valence-corrected chi connectivity index (χ1v) is 12.5. The molecule has 5 nitrogen and oxygen atoms in total. The second kappa shape index (κ2) is 11.6. The van der Waals surface area contributed by atoms with E-state index in [2.05, 4.69) is 4.90 Å². The molecule has 2 aromatic rings. The Morgan fingerprint density at radius 2 is 1.69 bits per heavy atom. The molecule has 1 aliphatic heterocycles. The lowest BCUT2D eigenvalue weighted by Crippen LogP contribution is -2.49. The third-order valence-electron chi connectivity index (χ3n) is 6.84. The highest BCUT2D eigenvalue weighted by Crippen LogP contribution is 2.41. The number of halogens is 4. The number of anilines is 1. The number of amides is 1. The first kappa shape index (κ1) is 28.0. The van der Waals surface area contributed by atoms with Crippen LogP contribution in [0.2, 0.25) is 5.02 Å². The number of nitrogens with zero attached hydrogens (tertiary/aromatic N) is 2. The Morgan fingerprint density at radius 1 is 1.06 bits per heavy atom. The maximum absolute atomic E-state index is 13.6. The van der Waals surface area contributed by atoms with E-state index in [4.69, 9.17) is 11.6 Å². The predicted octanol–water partition coefficient (Wildman–Crippen LogP) is 5.84. The van der Waals surface area contributed by atoms with Crippen LogP contribution < -0.4 is 4.90 Å². The molecule has 1 N–H and O–H groups in total. The number of aliphatic hydroxyl groups is 1. The zero-order valence-electron chi connectivity index (χ0n) is 20.5. The third-order valence-corrected chi connectivity index (χ3v) is 7.15. The van der Waals surface area contributed by atoms with Crippen molar-refractivity contribution in [2.24, 2.45) is 5.92 Å². The third kappa shape index (κ3) is 6.21. The summed E-state index contributed by atoms with van der Waals surface area (Å²) in [6.07, 6.45) is -1.86. The van der Waals surface area contributed by atoms with E-state index < -0.39 is 23.1 Å². The second-order valence-electron chi connectivity index (χ2n) is 9.54. The van der Waals surface area contributed by atoms with Crippen LogP contribution in [0.25, 0.3) is 0 Å². The summed E-state index contributed by atoms with van der Waals surface area (Å²) in [4.78, 5) is 28.3. The largest absolute Gasteiger partial charge is 0.428 e. The molecule has 0 aromatic heterocycles. The number of carbonyl (C=O) groups excluding carboxylic acids is 2. The summed E-state index contributed by atoms with van der Waals surface area (Å²) >= 11 is 6.34. The summed E-state index contributed by atoms with van der Waals surface area (Å²) in [5.74, 6) is -0.956. The minimum absolute atomic E-state index is 0.152. The van der Waals surface area contributed by atoms with Crippen molar-refractivity contribution in [2.75, 3.05) is 32.1 Å². The normalized spacial score (nSPS) is 16.5. The number of benzene rings is 2. The topological polar surface area (TPSA) is 60.9 Å². The van der Waals surface area contributed by atoms with Gasteiger partial charge in [-0.1, -0.05) is 54.8 Å². The van der Waals surface area contributed by atoms with Crippen LogP contribution in [0.4, 0.5) is 18.9 Å². The summed E-state index contributed by atoms with van der Waals surface area (Å²) in [5, 5.41) is 10.8. The number of carbonyl (C=O) groups is 2.